The van der Waals surface area contributed by atoms with E-state index in [0.29, 0.717) is 0 Å². The lowest BCUT2D eigenvalue weighted by molar-refractivity contribution is 1.10. The van der Waals surface area contributed by atoms with E-state index in [-0.39, 0.29) is 5.11 Å². The second-order valence-electron chi connectivity index (χ2n) is 2.76. The van der Waals surface area contributed by atoms with Crippen molar-refractivity contribution in [1.82, 2.24) is 10.2 Å². The van der Waals surface area contributed by atoms with Crippen molar-refractivity contribution in [2.75, 3.05) is 5.32 Å². The molecule has 0 spiro atoms. The SMILES string of the molecule is NC(=S)Nc1ccc2n[nH]c(Br)c2c1. The summed E-state index contributed by atoms with van der Waals surface area (Å²) >= 11 is 8.10. The average molecular weight is 271 g/mol. The Kier molecular flexibility index (Phi) is 2.39. The zero-order valence-electron chi connectivity index (χ0n) is 7.04. The highest BCUT2D eigenvalue weighted by atomic mass is 79.9. The first-order chi connectivity index (χ1) is 6.66. The number of benzene rings is 1. The Bertz CT molecular complexity index is 493. The van der Waals surface area contributed by atoms with Gasteiger partial charge in [-0.1, -0.05) is 0 Å². The third kappa shape index (κ3) is 1.71. The van der Waals surface area contributed by atoms with E-state index in [1.807, 2.05) is 18.2 Å². The normalized spacial score (nSPS) is 10.4. The highest BCUT2D eigenvalue weighted by Crippen LogP contribution is 2.23. The second-order valence-corrected chi connectivity index (χ2v) is 3.99. The molecule has 4 N–H and O–H groups in total. The molecule has 1 heterocycles. The molecule has 0 unspecified atom stereocenters. The highest BCUT2D eigenvalue weighted by molar-refractivity contribution is 9.10. The topological polar surface area (TPSA) is 66.7 Å². The monoisotopic (exact) mass is 270 g/mol. The first kappa shape index (κ1) is 9.42. The van der Waals surface area contributed by atoms with Crippen molar-refractivity contribution < 1.29 is 0 Å². The molecular weight excluding hydrogens is 264 g/mol. The van der Waals surface area contributed by atoms with E-state index in [9.17, 15) is 0 Å². The largest absolute Gasteiger partial charge is 0.376 e. The van der Waals surface area contributed by atoms with Crippen LogP contribution >= 0.6 is 28.1 Å². The van der Waals surface area contributed by atoms with Crippen molar-refractivity contribution in [2.45, 2.75) is 0 Å². The Morgan fingerprint density at radius 2 is 2.36 bits per heavy atom. The number of nitrogens with zero attached hydrogens (tertiary/aromatic N) is 1. The molecule has 1 aromatic carbocycles. The average Bonchev–Trinajstić information content (AvgIpc) is 2.47. The van der Waals surface area contributed by atoms with Gasteiger partial charge in [-0.2, -0.15) is 5.10 Å². The van der Waals surface area contributed by atoms with Crippen LogP contribution in [0.25, 0.3) is 10.9 Å². The molecule has 0 radical (unpaired) electrons. The molecule has 6 heteroatoms. The van der Waals surface area contributed by atoms with Gasteiger partial charge in [0.05, 0.1) is 5.52 Å². The summed E-state index contributed by atoms with van der Waals surface area (Å²) in [6, 6.07) is 5.67. The molecule has 0 bridgehead atoms. The number of thiocarbonyl (C=S) groups is 1. The van der Waals surface area contributed by atoms with Gasteiger partial charge in [-0.05, 0) is 46.3 Å². The Morgan fingerprint density at radius 3 is 3.07 bits per heavy atom. The predicted molar refractivity (Wildman–Crippen MR) is 64.2 cm³/mol. The number of hydrogen-bond donors (Lipinski definition) is 3. The number of halogens is 1. The van der Waals surface area contributed by atoms with Crippen LogP contribution in [0.3, 0.4) is 0 Å². The Balaban J connectivity index is 2.49. The number of H-pyrrole nitrogens is 1. The summed E-state index contributed by atoms with van der Waals surface area (Å²) in [5.41, 5.74) is 7.11. The smallest absolute Gasteiger partial charge is 0.168 e. The first-order valence-corrected chi connectivity index (χ1v) is 5.07. The van der Waals surface area contributed by atoms with Crippen molar-refractivity contribution in [3.8, 4) is 0 Å². The molecule has 14 heavy (non-hydrogen) atoms. The van der Waals surface area contributed by atoms with Gasteiger partial charge in [-0.3, -0.25) is 5.10 Å². The maximum atomic E-state index is 5.37. The summed E-state index contributed by atoms with van der Waals surface area (Å²) in [5, 5.41) is 11.0. The predicted octanol–water partition coefficient (Wildman–Crippen LogP) is 1.98. The van der Waals surface area contributed by atoms with E-state index in [4.69, 9.17) is 18.0 Å². The van der Waals surface area contributed by atoms with Crippen molar-refractivity contribution >= 4 is 49.9 Å². The van der Waals surface area contributed by atoms with Crippen LogP contribution in [0.4, 0.5) is 5.69 Å². The summed E-state index contributed by atoms with van der Waals surface area (Å²) < 4.78 is 0.846. The summed E-state index contributed by atoms with van der Waals surface area (Å²) in [5.74, 6) is 0. The molecule has 4 nitrogen and oxygen atoms in total. The van der Waals surface area contributed by atoms with E-state index < -0.39 is 0 Å². The maximum Gasteiger partial charge on any atom is 0.168 e. The van der Waals surface area contributed by atoms with Crippen molar-refractivity contribution in [3.05, 3.63) is 22.8 Å². The van der Waals surface area contributed by atoms with Gasteiger partial charge in [0.1, 0.15) is 4.60 Å². The van der Waals surface area contributed by atoms with Gasteiger partial charge in [-0.15, -0.1) is 0 Å². The second kappa shape index (κ2) is 3.55. The molecule has 0 aliphatic carbocycles. The van der Waals surface area contributed by atoms with Gasteiger partial charge in [0.2, 0.25) is 0 Å². The van der Waals surface area contributed by atoms with Gasteiger partial charge in [0.15, 0.2) is 5.11 Å². The van der Waals surface area contributed by atoms with Crippen LogP contribution < -0.4 is 11.1 Å². The van der Waals surface area contributed by atoms with E-state index in [1.165, 1.54) is 0 Å². The molecule has 0 atom stereocenters. The Morgan fingerprint density at radius 1 is 1.57 bits per heavy atom. The maximum absolute atomic E-state index is 5.37. The number of nitrogens with two attached hydrogens (primary N) is 1. The lowest BCUT2D eigenvalue weighted by atomic mass is 10.2. The molecule has 2 aromatic rings. The van der Waals surface area contributed by atoms with E-state index >= 15 is 0 Å². The molecule has 0 aliphatic heterocycles. The number of rotatable bonds is 1. The summed E-state index contributed by atoms with van der Waals surface area (Å²) in [7, 11) is 0. The standard InChI is InChI=1S/C8H7BrN4S/c9-7-5-3-4(11-8(10)14)1-2-6(5)12-13-7/h1-3H,(H,12,13)(H3,10,11,14). The van der Waals surface area contributed by atoms with Crippen LogP contribution in [-0.4, -0.2) is 15.3 Å². The van der Waals surface area contributed by atoms with Gasteiger partial charge in [0, 0.05) is 11.1 Å². The van der Waals surface area contributed by atoms with E-state index in [1.54, 1.807) is 0 Å². The zero-order chi connectivity index (χ0) is 10.1. The van der Waals surface area contributed by atoms with Crippen LogP contribution in [0.1, 0.15) is 0 Å². The molecule has 1 aromatic heterocycles. The Hall–Kier alpha value is -1.14. The van der Waals surface area contributed by atoms with Gasteiger partial charge in [0.25, 0.3) is 0 Å². The van der Waals surface area contributed by atoms with Crippen LogP contribution in [-0.2, 0) is 0 Å². The fourth-order valence-electron chi connectivity index (χ4n) is 1.20. The molecule has 0 aliphatic rings. The van der Waals surface area contributed by atoms with Crippen molar-refractivity contribution in [1.29, 1.82) is 0 Å². The van der Waals surface area contributed by atoms with Crippen LogP contribution in [0.15, 0.2) is 22.8 Å². The Labute approximate surface area is 94.0 Å². The molecule has 0 fully saturated rings. The van der Waals surface area contributed by atoms with Gasteiger partial charge in [-0.25, -0.2) is 0 Å². The van der Waals surface area contributed by atoms with Gasteiger partial charge >= 0.3 is 0 Å². The van der Waals surface area contributed by atoms with Crippen molar-refractivity contribution in [3.63, 3.8) is 0 Å². The third-order valence-electron chi connectivity index (χ3n) is 1.78. The summed E-state index contributed by atoms with van der Waals surface area (Å²) in [6.07, 6.45) is 0. The van der Waals surface area contributed by atoms with Crippen LogP contribution in [0.5, 0.6) is 0 Å². The summed E-state index contributed by atoms with van der Waals surface area (Å²) in [6.45, 7) is 0. The fourth-order valence-corrected chi connectivity index (χ4v) is 1.72. The number of nitrogens with one attached hydrogen (secondary N) is 2. The quantitative estimate of drug-likeness (QED) is 0.694. The lowest BCUT2D eigenvalue weighted by Gasteiger charge is -2.02. The fraction of sp³-hybridized carbons (Fsp3) is 0. The minimum absolute atomic E-state index is 0.254. The number of aromatic amines is 1. The van der Waals surface area contributed by atoms with Crippen LogP contribution in [0.2, 0.25) is 0 Å². The molecule has 72 valence electrons. The van der Waals surface area contributed by atoms with Gasteiger partial charge < -0.3 is 11.1 Å². The molecule has 0 saturated carbocycles. The first-order valence-electron chi connectivity index (χ1n) is 3.87. The molecule has 0 amide bonds. The minimum atomic E-state index is 0.254. The minimum Gasteiger partial charge on any atom is -0.376 e. The van der Waals surface area contributed by atoms with Crippen molar-refractivity contribution in [2.24, 2.45) is 5.73 Å². The zero-order valence-corrected chi connectivity index (χ0v) is 9.45. The van der Waals surface area contributed by atoms with E-state index in [2.05, 4.69) is 31.4 Å². The molecular formula is C8H7BrN4S. The van der Waals surface area contributed by atoms with E-state index in [0.717, 1.165) is 21.2 Å². The number of anilines is 1. The lowest BCUT2D eigenvalue weighted by Crippen LogP contribution is -2.18. The highest BCUT2D eigenvalue weighted by Gasteiger charge is 2.03. The number of fused-ring (bicyclic) bond motifs is 1. The molecule has 2 rings (SSSR count). The third-order valence-corrected chi connectivity index (χ3v) is 2.48. The number of aromatic nitrogens is 2. The van der Waals surface area contributed by atoms with Crippen LogP contribution in [0, 0.1) is 0 Å². The number of hydrogen-bond acceptors (Lipinski definition) is 2. The summed E-state index contributed by atoms with van der Waals surface area (Å²) in [4.78, 5) is 0. The molecule has 0 saturated heterocycles.